The number of nitrogens with one attached hydrogen (secondary N) is 2. The van der Waals surface area contributed by atoms with Crippen LogP contribution in [0.5, 0.6) is 0 Å². The molecule has 0 aliphatic carbocycles. The van der Waals surface area contributed by atoms with Gasteiger partial charge in [-0.2, -0.15) is 0 Å². The van der Waals surface area contributed by atoms with E-state index in [-0.39, 0.29) is 0 Å². The zero-order valence-corrected chi connectivity index (χ0v) is 13.2. The van der Waals surface area contributed by atoms with Crippen LogP contribution in [0.25, 0.3) is 0 Å². The van der Waals surface area contributed by atoms with Crippen LogP contribution in [0.2, 0.25) is 5.02 Å². The van der Waals surface area contributed by atoms with Gasteiger partial charge in [-0.1, -0.05) is 56.7 Å². The van der Waals surface area contributed by atoms with Crippen molar-refractivity contribution in [3.63, 3.8) is 0 Å². The lowest BCUT2D eigenvalue weighted by Gasteiger charge is -2.06. The third kappa shape index (κ3) is 7.71. The highest BCUT2D eigenvalue weighted by atomic mass is 35.5. The second-order valence-corrected chi connectivity index (χ2v) is 5.42. The quantitative estimate of drug-likeness (QED) is 0.567. The number of unbranched alkanes of at least 4 members (excludes halogenated alkanes) is 5. The Morgan fingerprint density at radius 3 is 2.48 bits per heavy atom. The van der Waals surface area contributed by atoms with Crippen LogP contribution in [0.15, 0.2) is 24.3 Å². The third-order valence-corrected chi connectivity index (χ3v) is 3.34. The molecule has 0 saturated heterocycles. The lowest BCUT2D eigenvalue weighted by atomic mass is 10.1. The molecule has 0 saturated carbocycles. The number of carbonyl (C=O) groups is 2. The summed E-state index contributed by atoms with van der Waals surface area (Å²) in [5, 5.41) is 5.65. The number of rotatable bonds is 8. The lowest BCUT2D eigenvalue weighted by Crippen LogP contribution is -2.35. The summed E-state index contributed by atoms with van der Waals surface area (Å²) in [5.74, 6) is -1.27. The minimum atomic E-state index is -0.664. The van der Waals surface area contributed by atoms with Gasteiger partial charge in [0.05, 0.1) is 0 Å². The number of hydrogen-bond acceptors (Lipinski definition) is 2. The van der Waals surface area contributed by atoms with Crippen LogP contribution < -0.4 is 10.6 Å². The highest BCUT2D eigenvalue weighted by molar-refractivity contribution is 6.39. The maximum absolute atomic E-state index is 11.7. The number of benzene rings is 1. The zero-order valence-electron chi connectivity index (χ0n) is 12.5. The molecule has 21 heavy (non-hydrogen) atoms. The second kappa shape index (κ2) is 10.2. The van der Waals surface area contributed by atoms with Gasteiger partial charge < -0.3 is 10.6 Å². The lowest BCUT2D eigenvalue weighted by molar-refractivity contribution is -0.136. The van der Waals surface area contributed by atoms with Crippen LogP contribution in [-0.2, 0) is 9.59 Å². The van der Waals surface area contributed by atoms with E-state index in [2.05, 4.69) is 17.6 Å². The fraction of sp³-hybridized carbons (Fsp3) is 0.500. The summed E-state index contributed by atoms with van der Waals surface area (Å²) in [5.41, 5.74) is 0.516. The maximum atomic E-state index is 11.7. The van der Waals surface area contributed by atoms with Crippen LogP contribution >= 0.6 is 11.6 Å². The maximum Gasteiger partial charge on any atom is 0.313 e. The molecule has 2 amide bonds. The summed E-state index contributed by atoms with van der Waals surface area (Å²) in [7, 11) is 0. The SMILES string of the molecule is CCCCCCCCNC(=O)C(=O)Nc1cccc(Cl)c1. The molecule has 0 aliphatic heterocycles. The highest BCUT2D eigenvalue weighted by Gasteiger charge is 2.12. The predicted octanol–water partition coefficient (Wildman–Crippen LogP) is 3.76. The van der Waals surface area contributed by atoms with Gasteiger partial charge in [0, 0.05) is 17.3 Å². The number of halogens is 1. The van der Waals surface area contributed by atoms with Gasteiger partial charge in [0.25, 0.3) is 0 Å². The molecule has 5 heteroatoms. The van der Waals surface area contributed by atoms with Crippen molar-refractivity contribution < 1.29 is 9.59 Å². The van der Waals surface area contributed by atoms with Crippen molar-refractivity contribution in [1.29, 1.82) is 0 Å². The normalized spacial score (nSPS) is 10.2. The van der Waals surface area contributed by atoms with Crippen molar-refractivity contribution in [2.24, 2.45) is 0 Å². The average molecular weight is 311 g/mol. The van der Waals surface area contributed by atoms with Crippen molar-refractivity contribution >= 4 is 29.1 Å². The number of amides is 2. The molecular weight excluding hydrogens is 288 g/mol. The summed E-state index contributed by atoms with van der Waals surface area (Å²) in [4.78, 5) is 23.3. The molecule has 0 atom stereocenters. The molecule has 0 radical (unpaired) electrons. The van der Waals surface area contributed by atoms with Gasteiger partial charge in [0.1, 0.15) is 0 Å². The summed E-state index contributed by atoms with van der Waals surface area (Å²) < 4.78 is 0. The van der Waals surface area contributed by atoms with Crippen LogP contribution in [-0.4, -0.2) is 18.4 Å². The molecule has 0 fully saturated rings. The van der Waals surface area contributed by atoms with E-state index in [0.29, 0.717) is 17.3 Å². The molecule has 1 aromatic carbocycles. The van der Waals surface area contributed by atoms with E-state index in [4.69, 9.17) is 11.6 Å². The molecule has 1 aromatic rings. The van der Waals surface area contributed by atoms with Gasteiger partial charge in [-0.15, -0.1) is 0 Å². The summed E-state index contributed by atoms with van der Waals surface area (Å²) in [6, 6.07) is 6.70. The third-order valence-electron chi connectivity index (χ3n) is 3.10. The Morgan fingerprint density at radius 2 is 1.76 bits per heavy atom. The van der Waals surface area contributed by atoms with Crippen molar-refractivity contribution in [3.05, 3.63) is 29.3 Å². The van der Waals surface area contributed by atoms with Crippen molar-refractivity contribution in [2.45, 2.75) is 45.4 Å². The first-order chi connectivity index (χ1) is 10.1. The molecule has 0 aliphatic rings. The average Bonchev–Trinajstić information content (AvgIpc) is 2.46. The van der Waals surface area contributed by atoms with Crippen molar-refractivity contribution in [3.8, 4) is 0 Å². The molecule has 1 rings (SSSR count). The van der Waals surface area contributed by atoms with Crippen LogP contribution in [0.1, 0.15) is 45.4 Å². The first-order valence-electron chi connectivity index (χ1n) is 7.48. The van der Waals surface area contributed by atoms with Gasteiger partial charge >= 0.3 is 11.8 Å². The van der Waals surface area contributed by atoms with Crippen molar-refractivity contribution in [2.75, 3.05) is 11.9 Å². The molecule has 0 unspecified atom stereocenters. The Bertz CT molecular complexity index is 463. The largest absolute Gasteiger partial charge is 0.348 e. The van der Waals surface area contributed by atoms with E-state index in [9.17, 15) is 9.59 Å². The smallest absolute Gasteiger partial charge is 0.313 e. The van der Waals surface area contributed by atoms with E-state index in [1.165, 1.54) is 25.7 Å². The van der Waals surface area contributed by atoms with Crippen LogP contribution in [0, 0.1) is 0 Å². The number of anilines is 1. The van der Waals surface area contributed by atoms with Crippen molar-refractivity contribution in [1.82, 2.24) is 5.32 Å². The monoisotopic (exact) mass is 310 g/mol. The first-order valence-corrected chi connectivity index (χ1v) is 7.86. The van der Waals surface area contributed by atoms with Gasteiger partial charge in [-0.25, -0.2) is 0 Å². The summed E-state index contributed by atoms with van der Waals surface area (Å²) in [6.45, 7) is 2.71. The van der Waals surface area contributed by atoms with Crippen LogP contribution in [0.3, 0.4) is 0 Å². The number of hydrogen-bond donors (Lipinski definition) is 2. The van der Waals surface area contributed by atoms with E-state index in [1.807, 2.05) is 0 Å². The minimum absolute atomic E-state index is 0.514. The number of carbonyl (C=O) groups excluding carboxylic acids is 2. The fourth-order valence-corrected chi connectivity index (χ4v) is 2.13. The molecule has 2 N–H and O–H groups in total. The minimum Gasteiger partial charge on any atom is -0.348 e. The highest BCUT2D eigenvalue weighted by Crippen LogP contribution is 2.14. The van der Waals surface area contributed by atoms with Gasteiger partial charge in [0.2, 0.25) is 0 Å². The van der Waals surface area contributed by atoms with Gasteiger partial charge in [-0.3, -0.25) is 9.59 Å². The Balaban J connectivity index is 2.18. The molecule has 0 heterocycles. The summed E-state index contributed by atoms with van der Waals surface area (Å²) >= 11 is 5.81. The Kier molecular flexibility index (Phi) is 8.51. The second-order valence-electron chi connectivity index (χ2n) is 4.99. The van der Waals surface area contributed by atoms with Gasteiger partial charge in [-0.05, 0) is 24.6 Å². The summed E-state index contributed by atoms with van der Waals surface area (Å²) in [6.07, 6.45) is 6.88. The Hall–Kier alpha value is -1.55. The molecule has 0 spiro atoms. The van der Waals surface area contributed by atoms with Gasteiger partial charge in [0.15, 0.2) is 0 Å². The van der Waals surface area contributed by atoms with Crippen LogP contribution in [0.4, 0.5) is 5.69 Å². The topological polar surface area (TPSA) is 58.2 Å². The zero-order chi connectivity index (χ0) is 15.5. The standard InChI is InChI=1S/C16H23ClN2O2/c1-2-3-4-5-6-7-11-18-15(20)16(21)19-14-10-8-9-13(17)12-14/h8-10,12H,2-7,11H2,1H3,(H,18,20)(H,19,21). The molecular formula is C16H23ClN2O2. The Labute approximate surface area is 131 Å². The van der Waals surface area contributed by atoms with E-state index >= 15 is 0 Å². The van der Waals surface area contributed by atoms with E-state index in [1.54, 1.807) is 24.3 Å². The van der Waals surface area contributed by atoms with E-state index in [0.717, 1.165) is 12.8 Å². The Morgan fingerprint density at radius 1 is 1.05 bits per heavy atom. The fourth-order valence-electron chi connectivity index (χ4n) is 1.94. The molecule has 116 valence electrons. The van der Waals surface area contributed by atoms with E-state index < -0.39 is 11.8 Å². The molecule has 0 bridgehead atoms. The molecule has 4 nitrogen and oxygen atoms in total. The molecule has 0 aromatic heterocycles. The first kappa shape index (κ1) is 17.5. The predicted molar refractivity (Wildman–Crippen MR) is 86.5 cm³/mol.